The number of hydrogen-bond donors (Lipinski definition) is 2. The Morgan fingerprint density at radius 2 is 1.59 bits per heavy atom. The van der Waals surface area contributed by atoms with Crippen molar-refractivity contribution in [3.8, 4) is 11.1 Å². The molecule has 3 aromatic rings. The summed E-state index contributed by atoms with van der Waals surface area (Å²) in [6, 6.07) is 9.37. The number of nitrogens with two attached hydrogens (primary N) is 1. The van der Waals surface area contributed by atoms with E-state index in [9.17, 15) is 4.79 Å². The van der Waals surface area contributed by atoms with Crippen molar-refractivity contribution < 1.29 is 0 Å². The van der Waals surface area contributed by atoms with Crippen LogP contribution in [-0.2, 0) is 6.42 Å². The summed E-state index contributed by atoms with van der Waals surface area (Å²) in [5, 5.41) is 0.705. The molecule has 1 saturated carbocycles. The molecule has 2 heterocycles. The normalized spacial score (nSPS) is 21.9. The number of nitrogen functional groups attached to an aromatic ring is 1. The maximum atomic E-state index is 12.9. The Morgan fingerprint density at radius 3 is 2.05 bits per heavy atom. The topological polar surface area (TPSA) is 63.3 Å². The highest BCUT2D eigenvalue weighted by atomic mass is 35.5. The third kappa shape index (κ3) is 7.39. The molecule has 2 aromatic heterocycles. The molecule has 3 N–H and O–H groups in total. The van der Waals surface area contributed by atoms with Gasteiger partial charge in [0.05, 0.1) is 0 Å². The summed E-state index contributed by atoms with van der Waals surface area (Å²) >= 11 is 6.19. The van der Waals surface area contributed by atoms with E-state index in [1.165, 1.54) is 30.0 Å². The van der Waals surface area contributed by atoms with Gasteiger partial charge in [0, 0.05) is 28.4 Å². The predicted octanol–water partition coefficient (Wildman–Crippen LogP) is 9.42. The van der Waals surface area contributed by atoms with Gasteiger partial charge in [0.25, 0.3) is 5.56 Å². The molecule has 5 heteroatoms. The molecule has 1 fully saturated rings. The highest BCUT2D eigenvalue weighted by Gasteiger charge is 2.46. The molecule has 4 nitrogen and oxygen atoms in total. The lowest BCUT2D eigenvalue weighted by Gasteiger charge is -2.51. The summed E-state index contributed by atoms with van der Waals surface area (Å²) in [7, 11) is 0. The van der Waals surface area contributed by atoms with Crippen LogP contribution in [0.3, 0.4) is 0 Å². The molecule has 2 unspecified atom stereocenters. The van der Waals surface area contributed by atoms with Gasteiger partial charge < -0.3 is 10.7 Å². The molecule has 4 rings (SSSR count). The first-order chi connectivity index (χ1) is 18.0. The number of allylic oxidation sites excluding steroid dienone is 1. The Kier molecular flexibility index (Phi) is 9.53. The van der Waals surface area contributed by atoms with E-state index in [2.05, 4.69) is 67.0 Å². The lowest BCUT2D eigenvalue weighted by atomic mass is 9.54. The van der Waals surface area contributed by atoms with Gasteiger partial charge in [-0.3, -0.25) is 9.20 Å². The quantitative estimate of drug-likeness (QED) is 0.317. The molecule has 214 valence electrons. The number of halogens is 1. The van der Waals surface area contributed by atoms with Crippen LogP contribution in [0.4, 0.5) is 5.82 Å². The van der Waals surface area contributed by atoms with Crippen LogP contribution in [-0.4, -0.2) is 9.38 Å². The lowest BCUT2D eigenvalue weighted by Crippen LogP contribution is -2.44. The predicted molar refractivity (Wildman–Crippen MR) is 169 cm³/mol. The van der Waals surface area contributed by atoms with E-state index in [-0.39, 0.29) is 16.4 Å². The average Bonchev–Trinajstić information content (AvgIpc) is 3.18. The van der Waals surface area contributed by atoms with Gasteiger partial charge in [0.2, 0.25) is 0 Å². The second kappa shape index (κ2) is 12.0. The molecular weight excluding hydrogens is 502 g/mol. The van der Waals surface area contributed by atoms with Gasteiger partial charge in [-0.05, 0) is 84.8 Å². The van der Waals surface area contributed by atoms with Crippen molar-refractivity contribution in [3.63, 3.8) is 0 Å². The van der Waals surface area contributed by atoms with Crippen molar-refractivity contribution in [2.75, 3.05) is 5.73 Å². The third-order valence-corrected chi connectivity index (χ3v) is 8.91. The number of aromatic nitrogens is 2. The fraction of sp³-hybridized carbons (Fsp3) is 0.559. The number of H-pyrrole nitrogens is 1. The van der Waals surface area contributed by atoms with Crippen molar-refractivity contribution in [2.24, 2.45) is 34.5 Å². The van der Waals surface area contributed by atoms with E-state index in [1.807, 2.05) is 37.4 Å². The molecule has 0 aliphatic heterocycles. The minimum absolute atomic E-state index is 0.107. The van der Waals surface area contributed by atoms with Crippen LogP contribution in [0.2, 0.25) is 5.02 Å². The minimum Gasteiger partial charge on any atom is -0.385 e. The fourth-order valence-electron chi connectivity index (χ4n) is 6.42. The van der Waals surface area contributed by atoms with Crippen LogP contribution in [0, 0.1) is 34.5 Å². The average molecular weight is 552 g/mol. The Balaban J connectivity index is 0.000000771. The first kappa shape index (κ1) is 31.1. The number of nitrogens with one attached hydrogen (secondary N) is 1. The summed E-state index contributed by atoms with van der Waals surface area (Å²) < 4.78 is 1.72. The maximum Gasteiger partial charge on any atom is 0.259 e. The molecule has 0 saturated heterocycles. The van der Waals surface area contributed by atoms with Crippen molar-refractivity contribution in [1.82, 2.24) is 9.38 Å². The molecule has 0 bridgehead atoms. The number of fused-ring (bicyclic) bond motifs is 1. The number of hydrogen-bond acceptors (Lipinski definition) is 2. The maximum absolute atomic E-state index is 12.9. The summed E-state index contributed by atoms with van der Waals surface area (Å²) in [4.78, 5) is 16.2. The van der Waals surface area contributed by atoms with Gasteiger partial charge in [-0.1, -0.05) is 84.7 Å². The van der Waals surface area contributed by atoms with Crippen LogP contribution in [0.5, 0.6) is 0 Å². The van der Waals surface area contributed by atoms with Gasteiger partial charge in [0.15, 0.2) is 0 Å². The van der Waals surface area contributed by atoms with Crippen molar-refractivity contribution in [2.45, 2.75) is 88.0 Å². The monoisotopic (exact) mass is 551 g/mol. The van der Waals surface area contributed by atoms with Crippen molar-refractivity contribution in [3.05, 3.63) is 69.6 Å². The molecule has 1 aliphatic carbocycles. The van der Waals surface area contributed by atoms with Crippen LogP contribution in [0.15, 0.2) is 53.5 Å². The zero-order chi connectivity index (χ0) is 29.3. The molecule has 2 atom stereocenters. The summed E-state index contributed by atoms with van der Waals surface area (Å²) in [6.07, 6.45) is 6.46. The third-order valence-electron chi connectivity index (χ3n) is 8.66. The highest BCUT2D eigenvalue weighted by molar-refractivity contribution is 6.30. The number of anilines is 1. The van der Waals surface area contributed by atoms with E-state index in [0.29, 0.717) is 34.5 Å². The Bertz CT molecular complexity index is 1310. The number of rotatable bonds is 4. The van der Waals surface area contributed by atoms with Gasteiger partial charge in [-0.15, -0.1) is 6.58 Å². The fourth-order valence-corrected chi connectivity index (χ4v) is 6.55. The standard InChI is InChI=1S/C29H40ClN3O.C5H10/c1-17-12-23(28(2,3)4)21(24(13-17)29(5,6)7)14-20-22(18-8-10-19(30)11-9-18)16-33-26(34)15-25(31)32-27(20)33;1-4-5(2)3/h8-11,15-17,21,23-24,32H,12-14,31H2,1-7H3;2,4H2,1,3H3. The van der Waals surface area contributed by atoms with Gasteiger partial charge in [0.1, 0.15) is 11.5 Å². The van der Waals surface area contributed by atoms with E-state index < -0.39 is 0 Å². The highest BCUT2D eigenvalue weighted by Crippen LogP contribution is 2.53. The molecule has 39 heavy (non-hydrogen) atoms. The van der Waals surface area contributed by atoms with Crippen LogP contribution >= 0.6 is 11.6 Å². The largest absolute Gasteiger partial charge is 0.385 e. The van der Waals surface area contributed by atoms with E-state index in [4.69, 9.17) is 17.3 Å². The van der Waals surface area contributed by atoms with E-state index in [1.54, 1.807) is 4.40 Å². The van der Waals surface area contributed by atoms with Crippen LogP contribution in [0.25, 0.3) is 16.8 Å². The van der Waals surface area contributed by atoms with Gasteiger partial charge in [-0.25, -0.2) is 0 Å². The Hall–Kier alpha value is -2.46. The van der Waals surface area contributed by atoms with Crippen molar-refractivity contribution >= 4 is 23.1 Å². The van der Waals surface area contributed by atoms with Crippen LogP contribution < -0.4 is 11.3 Å². The van der Waals surface area contributed by atoms with Crippen molar-refractivity contribution in [1.29, 1.82) is 0 Å². The smallest absolute Gasteiger partial charge is 0.259 e. The summed E-state index contributed by atoms with van der Waals surface area (Å²) in [6.45, 7) is 24.6. The summed E-state index contributed by atoms with van der Waals surface area (Å²) in [5.74, 6) is 2.78. The summed E-state index contributed by atoms with van der Waals surface area (Å²) in [5.41, 5.74) is 11.8. The second-order valence-corrected chi connectivity index (χ2v) is 14.4. The number of benzene rings is 1. The molecular formula is C34H50ClN3O. The number of nitrogens with zero attached hydrogens (tertiary/aromatic N) is 1. The zero-order valence-electron chi connectivity index (χ0n) is 25.6. The molecule has 0 spiro atoms. The first-order valence-electron chi connectivity index (χ1n) is 14.5. The molecule has 0 radical (unpaired) electrons. The lowest BCUT2D eigenvalue weighted by molar-refractivity contribution is -0.0137. The molecule has 0 amide bonds. The van der Waals surface area contributed by atoms with Gasteiger partial charge >= 0.3 is 0 Å². The van der Waals surface area contributed by atoms with E-state index >= 15 is 0 Å². The van der Waals surface area contributed by atoms with Gasteiger partial charge in [-0.2, -0.15) is 0 Å². The Morgan fingerprint density at radius 1 is 1.08 bits per heavy atom. The van der Waals surface area contributed by atoms with E-state index in [0.717, 1.165) is 29.6 Å². The Labute approximate surface area is 241 Å². The SMILES string of the molecule is C=C(C)CC.CC1CC(C(C)(C)C)C(Cc2c(-c3ccc(Cl)cc3)cn3c(=O)cc(N)[nH]c23)C(C(C)(C)C)C1. The number of aromatic amines is 1. The molecule has 1 aliphatic rings. The zero-order valence-corrected chi connectivity index (χ0v) is 26.4. The van der Waals surface area contributed by atoms with Crippen LogP contribution in [0.1, 0.15) is 87.1 Å². The minimum atomic E-state index is -0.107. The molecule has 1 aromatic carbocycles. The second-order valence-electron chi connectivity index (χ2n) is 14.0. The first-order valence-corrected chi connectivity index (χ1v) is 14.8.